The molecule has 2 fully saturated rings. The van der Waals surface area contributed by atoms with Gasteiger partial charge in [-0.2, -0.15) is 0 Å². The van der Waals surface area contributed by atoms with Crippen LogP contribution in [-0.2, 0) is 4.74 Å². The molecule has 4 aliphatic rings. The molecule has 0 spiro atoms. The van der Waals surface area contributed by atoms with Gasteiger partial charge in [-0.15, -0.1) is 0 Å². The lowest BCUT2D eigenvalue weighted by atomic mass is 9.81. The second-order valence-corrected chi connectivity index (χ2v) is 13.9. The number of piperazine rings is 1. The summed E-state index contributed by atoms with van der Waals surface area (Å²) < 4.78 is 34.5. The minimum absolute atomic E-state index is 0.0281. The number of carbonyl (C=O) groups excluding carboxylic acids is 1. The highest BCUT2D eigenvalue weighted by atomic mass is 19.3. The van der Waals surface area contributed by atoms with Crippen LogP contribution in [0, 0.1) is 5.92 Å². The number of nitrogens with zero attached hydrogens (tertiary/aromatic N) is 3. The van der Waals surface area contributed by atoms with Gasteiger partial charge in [0.15, 0.2) is 5.60 Å². The normalized spacial score (nSPS) is 22.4. The lowest BCUT2D eigenvalue weighted by Gasteiger charge is -2.44. The summed E-state index contributed by atoms with van der Waals surface area (Å²) in [5.41, 5.74) is 5.58. The fourth-order valence-corrected chi connectivity index (χ4v) is 7.18. The molecule has 1 amide bonds. The Morgan fingerprint density at radius 2 is 1.84 bits per heavy atom. The van der Waals surface area contributed by atoms with Crippen LogP contribution in [-0.4, -0.2) is 65.3 Å². The summed E-state index contributed by atoms with van der Waals surface area (Å²) in [6.45, 7) is 12.6. The van der Waals surface area contributed by atoms with Crippen molar-refractivity contribution in [1.82, 2.24) is 9.80 Å². The Morgan fingerprint density at radius 3 is 2.53 bits per heavy atom. The van der Waals surface area contributed by atoms with Gasteiger partial charge in [0.2, 0.25) is 0 Å². The molecule has 0 aromatic rings. The molecule has 1 saturated heterocycles. The Hall–Kier alpha value is -2.70. The zero-order valence-electron chi connectivity index (χ0n) is 28.8. The van der Waals surface area contributed by atoms with E-state index in [9.17, 15) is 13.6 Å². The number of allylic oxidation sites excluding steroid dienone is 8. The van der Waals surface area contributed by atoms with Crippen molar-refractivity contribution in [3.8, 4) is 0 Å². The van der Waals surface area contributed by atoms with E-state index >= 15 is 0 Å². The number of rotatable bonds is 11. The number of fused-ring (bicyclic) bond motifs is 1. The number of unbranched alkanes of at least 4 members (excludes halogenated alkanes) is 4. The van der Waals surface area contributed by atoms with Gasteiger partial charge in [0.05, 0.1) is 6.54 Å². The standard InChI is InChI=1S/C38H57F2N3O2/c1-7-9-10-11-12-14-19-31-20-21-32(30-17-15-13-16-18-30)26-33-34(31)35(28(3)22-23-41-33)43-25-24-42(27-29(43)4)36(44)45-37(5,6)38(39,40)8-2/h14,19-22,29-30H,7-13,15-18,23-27H2,1-6H3/b19-14+/t29-/m0/s1. The quantitative estimate of drug-likeness (QED) is 0.215. The maximum Gasteiger partial charge on any atom is 0.410 e. The van der Waals surface area contributed by atoms with E-state index in [2.05, 4.69) is 56.1 Å². The van der Waals surface area contributed by atoms with E-state index in [0.717, 1.165) is 18.6 Å². The summed E-state index contributed by atoms with van der Waals surface area (Å²) in [4.78, 5) is 22.3. The highest BCUT2D eigenvalue weighted by molar-refractivity contribution is 6.08. The first-order valence-electron chi connectivity index (χ1n) is 17.6. The molecule has 5 nitrogen and oxygen atoms in total. The number of alkyl halides is 2. The maximum atomic E-state index is 14.5. The largest absolute Gasteiger partial charge is 0.437 e. The van der Waals surface area contributed by atoms with Crippen LogP contribution in [0.4, 0.5) is 13.6 Å². The summed E-state index contributed by atoms with van der Waals surface area (Å²) >= 11 is 0. The van der Waals surface area contributed by atoms with Crippen molar-refractivity contribution in [3.63, 3.8) is 0 Å². The van der Waals surface area contributed by atoms with Gasteiger partial charge in [-0.05, 0) is 70.4 Å². The minimum Gasteiger partial charge on any atom is -0.437 e. The highest BCUT2D eigenvalue weighted by Crippen LogP contribution is 2.39. The third kappa shape index (κ3) is 8.56. The first kappa shape index (κ1) is 35.2. The van der Waals surface area contributed by atoms with Gasteiger partial charge in [0.25, 0.3) is 5.92 Å². The van der Waals surface area contributed by atoms with Gasteiger partial charge in [0.1, 0.15) is 0 Å². The Labute approximate surface area is 271 Å². The van der Waals surface area contributed by atoms with Gasteiger partial charge < -0.3 is 14.5 Å². The molecule has 2 aliphatic heterocycles. The third-order valence-corrected chi connectivity index (χ3v) is 10.2. The molecule has 0 aromatic heterocycles. The zero-order valence-corrected chi connectivity index (χ0v) is 28.8. The first-order chi connectivity index (χ1) is 21.5. The molecule has 0 aromatic carbocycles. The van der Waals surface area contributed by atoms with Crippen molar-refractivity contribution in [2.45, 2.75) is 136 Å². The van der Waals surface area contributed by atoms with Gasteiger partial charge in [0, 0.05) is 55.5 Å². The smallest absolute Gasteiger partial charge is 0.410 e. The average Bonchev–Trinajstić information content (AvgIpc) is 3.29. The molecule has 0 radical (unpaired) electrons. The fourth-order valence-electron chi connectivity index (χ4n) is 7.18. The predicted octanol–water partition coefficient (Wildman–Crippen LogP) is 9.97. The lowest BCUT2D eigenvalue weighted by Crippen LogP contribution is -2.56. The van der Waals surface area contributed by atoms with Gasteiger partial charge in [-0.25, -0.2) is 13.6 Å². The number of halogens is 2. The molecule has 2 aliphatic carbocycles. The van der Waals surface area contributed by atoms with Crippen molar-refractivity contribution in [3.05, 3.63) is 58.4 Å². The molecular weight excluding hydrogens is 568 g/mol. The van der Waals surface area contributed by atoms with Crippen LogP contribution in [0.25, 0.3) is 0 Å². The van der Waals surface area contributed by atoms with E-state index < -0.39 is 17.6 Å². The van der Waals surface area contributed by atoms with E-state index in [1.54, 1.807) is 4.90 Å². The molecule has 0 N–H and O–H groups in total. The van der Waals surface area contributed by atoms with Crippen LogP contribution in [0.3, 0.4) is 0 Å². The van der Waals surface area contributed by atoms with Crippen LogP contribution in [0.15, 0.2) is 63.4 Å². The molecule has 1 saturated carbocycles. The number of ether oxygens (including phenoxy) is 1. The molecule has 1 atom stereocenters. The topological polar surface area (TPSA) is 45.1 Å². The van der Waals surface area contributed by atoms with Crippen molar-refractivity contribution in [2.75, 3.05) is 26.2 Å². The second kappa shape index (κ2) is 15.7. The van der Waals surface area contributed by atoms with Gasteiger partial charge in [-0.1, -0.05) is 88.3 Å². The lowest BCUT2D eigenvalue weighted by molar-refractivity contribution is -0.169. The van der Waals surface area contributed by atoms with E-state index in [0.29, 0.717) is 32.1 Å². The third-order valence-electron chi connectivity index (χ3n) is 10.2. The molecular formula is C38H57F2N3O2. The van der Waals surface area contributed by atoms with Crippen LogP contribution >= 0.6 is 0 Å². The van der Waals surface area contributed by atoms with Crippen molar-refractivity contribution in [2.24, 2.45) is 10.9 Å². The Balaban J connectivity index is 1.63. The fraction of sp³-hybridized carbons (Fsp3) is 0.684. The van der Waals surface area contributed by atoms with Crippen molar-refractivity contribution < 1.29 is 18.3 Å². The number of aliphatic imine (C=N–C) groups is 1. The Morgan fingerprint density at radius 1 is 1.09 bits per heavy atom. The maximum absolute atomic E-state index is 14.5. The number of hydrogen-bond acceptors (Lipinski definition) is 4. The van der Waals surface area contributed by atoms with E-state index in [4.69, 9.17) is 9.73 Å². The molecule has 4 rings (SSSR count). The minimum atomic E-state index is -3.10. The summed E-state index contributed by atoms with van der Waals surface area (Å²) in [7, 11) is 0. The van der Waals surface area contributed by atoms with Crippen LogP contribution in [0.2, 0.25) is 0 Å². The summed E-state index contributed by atoms with van der Waals surface area (Å²) in [6, 6.07) is -0.0281. The molecule has 0 unspecified atom stereocenters. The second-order valence-electron chi connectivity index (χ2n) is 13.9. The van der Waals surface area contributed by atoms with Crippen LogP contribution < -0.4 is 0 Å². The zero-order chi connectivity index (χ0) is 32.6. The molecule has 7 heteroatoms. The molecule has 0 bridgehead atoms. The van der Waals surface area contributed by atoms with E-state index in [-0.39, 0.29) is 12.5 Å². The summed E-state index contributed by atoms with van der Waals surface area (Å²) in [5.74, 6) is -2.48. The summed E-state index contributed by atoms with van der Waals surface area (Å²) in [5, 5.41) is 0. The van der Waals surface area contributed by atoms with E-state index in [1.165, 1.54) is 107 Å². The Kier molecular flexibility index (Phi) is 12.3. The predicted molar refractivity (Wildman–Crippen MR) is 182 cm³/mol. The highest BCUT2D eigenvalue weighted by Gasteiger charge is 2.49. The number of amides is 1. The molecule has 2 heterocycles. The monoisotopic (exact) mass is 625 g/mol. The number of hydrogen-bond donors (Lipinski definition) is 0. The van der Waals surface area contributed by atoms with E-state index in [1.807, 2.05) is 0 Å². The van der Waals surface area contributed by atoms with Crippen LogP contribution in [0.5, 0.6) is 0 Å². The molecule has 45 heavy (non-hydrogen) atoms. The van der Waals surface area contributed by atoms with Crippen LogP contribution in [0.1, 0.15) is 119 Å². The van der Waals surface area contributed by atoms with Gasteiger partial charge >= 0.3 is 6.09 Å². The van der Waals surface area contributed by atoms with Gasteiger partial charge in [-0.3, -0.25) is 4.99 Å². The SMILES string of the molecule is CCCCCC/C=C/C1=CC=C(C2CCCCC2)CC2=NCC=C(C)C(N3CCN(C(=O)OC(C)(C)C(F)(F)CC)C[C@@H]3C)=C12. The van der Waals surface area contributed by atoms with Crippen molar-refractivity contribution in [1.29, 1.82) is 0 Å². The molecule has 250 valence electrons. The average molecular weight is 626 g/mol. The Bertz CT molecular complexity index is 1230. The first-order valence-corrected chi connectivity index (χ1v) is 17.6. The summed E-state index contributed by atoms with van der Waals surface area (Å²) in [6.07, 6.45) is 23.9. The van der Waals surface area contributed by atoms with Crippen molar-refractivity contribution >= 4 is 11.8 Å². The number of carbonyl (C=O) groups is 1.